The summed E-state index contributed by atoms with van der Waals surface area (Å²) in [6.45, 7) is 0. The molecule has 0 radical (unpaired) electrons. The topological polar surface area (TPSA) is 84.0 Å². The summed E-state index contributed by atoms with van der Waals surface area (Å²) >= 11 is 1.00. The van der Waals surface area contributed by atoms with Crippen molar-refractivity contribution in [1.82, 2.24) is 9.97 Å². The first-order chi connectivity index (χ1) is 22.6. The first-order valence-corrected chi connectivity index (χ1v) is 15.4. The molecule has 6 rings (SSSR count). The van der Waals surface area contributed by atoms with Gasteiger partial charge in [0, 0.05) is 21.9 Å². The minimum Gasteiger partial charge on any atom is -0.296 e. The molecule has 0 spiro atoms. The molecule has 0 bridgehead atoms. The molecule has 0 saturated carbocycles. The number of aromatic nitrogens is 2. The molecule has 2 heterocycles. The van der Waals surface area contributed by atoms with Crippen molar-refractivity contribution in [3.05, 3.63) is 95.7 Å². The number of carbonyl (C=O) groups is 2. The van der Waals surface area contributed by atoms with Crippen LogP contribution in [0, 0.1) is 0 Å². The number of benzene rings is 4. The third-order valence-corrected chi connectivity index (χ3v) is 8.85. The highest BCUT2D eigenvalue weighted by atomic mass is 32.1. The molecule has 0 fully saturated rings. The van der Waals surface area contributed by atoms with Gasteiger partial charge in [-0.3, -0.25) is 20.2 Å². The molecule has 0 unspecified atom stereocenters. The summed E-state index contributed by atoms with van der Waals surface area (Å²) in [4.78, 5) is 32.3. The van der Waals surface area contributed by atoms with Gasteiger partial charge in [0.05, 0.1) is 11.4 Å². The summed E-state index contributed by atoms with van der Waals surface area (Å²) < 4.78 is 118. The summed E-state index contributed by atoms with van der Waals surface area (Å²) in [5.74, 6) is -33.1. The van der Waals surface area contributed by atoms with Crippen LogP contribution < -0.4 is 10.6 Å². The van der Waals surface area contributed by atoms with Crippen LogP contribution >= 0.6 is 22.7 Å². The molecule has 0 saturated heterocycles. The Balaban J connectivity index is 1.19. The van der Waals surface area contributed by atoms with E-state index in [1.165, 1.54) is 21.4 Å². The van der Waals surface area contributed by atoms with E-state index < -0.39 is 45.8 Å². The van der Waals surface area contributed by atoms with Crippen LogP contribution in [0.5, 0.6) is 0 Å². The Labute approximate surface area is 273 Å². The van der Waals surface area contributed by atoms with Crippen molar-refractivity contribution in [2.45, 2.75) is 23.7 Å². The van der Waals surface area contributed by atoms with Crippen LogP contribution in [0.15, 0.2) is 95.7 Å². The second-order valence-electron chi connectivity index (χ2n) is 10.3. The zero-order valence-corrected chi connectivity index (χ0v) is 25.4. The average Bonchev–Trinajstić information content (AvgIpc) is 3.73. The molecule has 48 heavy (non-hydrogen) atoms. The van der Waals surface area contributed by atoms with Gasteiger partial charge < -0.3 is 0 Å². The van der Waals surface area contributed by atoms with Crippen LogP contribution in [-0.2, 0) is 9.59 Å². The number of thiazole rings is 2. The maximum atomic E-state index is 14.7. The number of amides is 2. The van der Waals surface area contributed by atoms with Crippen molar-refractivity contribution < 1.29 is 44.7 Å². The summed E-state index contributed by atoms with van der Waals surface area (Å²) in [6, 6.07) is 24.0. The lowest BCUT2D eigenvalue weighted by Gasteiger charge is -2.35. The Kier molecular flexibility index (Phi) is 8.19. The molecule has 2 N–H and O–H groups in total. The van der Waals surface area contributed by atoms with Crippen molar-refractivity contribution in [1.29, 1.82) is 0 Å². The van der Waals surface area contributed by atoms with E-state index in [1.54, 1.807) is 84.9 Å². The van der Waals surface area contributed by atoms with Gasteiger partial charge in [-0.2, -0.15) is 35.1 Å². The zero-order chi connectivity index (χ0) is 34.5. The second-order valence-corrected chi connectivity index (χ2v) is 12.1. The minimum atomic E-state index is -7.06. The molecule has 6 aromatic rings. The highest BCUT2D eigenvalue weighted by Crippen LogP contribution is 2.53. The maximum absolute atomic E-state index is 14.7. The van der Waals surface area contributed by atoms with E-state index in [1.807, 2.05) is 0 Å². The maximum Gasteiger partial charge on any atom is 0.393 e. The lowest BCUT2D eigenvalue weighted by atomic mass is 9.97. The van der Waals surface area contributed by atoms with E-state index in [2.05, 4.69) is 9.97 Å². The number of hydrogen-bond donors (Lipinski definition) is 2. The lowest BCUT2D eigenvalue weighted by Crippen LogP contribution is -2.67. The summed E-state index contributed by atoms with van der Waals surface area (Å²) in [5, 5.41) is 6.65. The Morgan fingerprint density at radius 3 is 1.27 bits per heavy atom. The van der Waals surface area contributed by atoms with Crippen LogP contribution in [0.2, 0.25) is 0 Å². The number of fused-ring (bicyclic) bond motifs is 2. The predicted octanol–water partition coefficient (Wildman–Crippen LogP) is 9.36. The van der Waals surface area contributed by atoms with Crippen LogP contribution in [0.3, 0.4) is 0 Å². The third-order valence-electron chi connectivity index (χ3n) is 7.33. The molecule has 16 heteroatoms. The molecule has 6 nitrogen and oxygen atoms in total. The van der Waals surface area contributed by atoms with Gasteiger partial charge in [0.2, 0.25) is 0 Å². The van der Waals surface area contributed by atoms with E-state index in [9.17, 15) is 44.7 Å². The van der Waals surface area contributed by atoms with Crippen molar-refractivity contribution in [2.75, 3.05) is 10.6 Å². The van der Waals surface area contributed by atoms with Gasteiger partial charge in [0.1, 0.15) is 0 Å². The van der Waals surface area contributed by atoms with Gasteiger partial charge in [-0.15, -0.1) is 22.7 Å². The number of alkyl halides is 8. The van der Waals surface area contributed by atoms with Crippen LogP contribution in [0.1, 0.15) is 0 Å². The van der Waals surface area contributed by atoms with E-state index in [4.69, 9.17) is 0 Å². The number of nitrogens with one attached hydrogen (secondary N) is 2. The smallest absolute Gasteiger partial charge is 0.296 e. The molecule has 0 atom stereocenters. The van der Waals surface area contributed by atoms with Gasteiger partial charge in [-0.1, -0.05) is 84.9 Å². The lowest BCUT2D eigenvalue weighted by molar-refractivity contribution is -0.345. The fraction of sp³-hybridized carbons (Fsp3) is 0.125. The number of halogens is 8. The predicted molar refractivity (Wildman–Crippen MR) is 167 cm³/mol. The van der Waals surface area contributed by atoms with Crippen molar-refractivity contribution >= 4 is 66.3 Å². The minimum absolute atomic E-state index is 0.126. The third kappa shape index (κ3) is 5.43. The number of rotatable bonds is 9. The largest absolute Gasteiger partial charge is 0.393 e. The van der Waals surface area contributed by atoms with Crippen LogP contribution in [-0.4, -0.2) is 45.5 Å². The fourth-order valence-corrected chi connectivity index (χ4v) is 6.25. The van der Waals surface area contributed by atoms with Crippen molar-refractivity contribution in [2.24, 2.45) is 0 Å². The fourth-order valence-electron chi connectivity index (χ4n) is 4.84. The van der Waals surface area contributed by atoms with Gasteiger partial charge in [0.25, 0.3) is 0 Å². The van der Waals surface area contributed by atoms with Crippen molar-refractivity contribution in [3.63, 3.8) is 0 Å². The van der Waals surface area contributed by atoms with Crippen LogP contribution in [0.4, 0.5) is 45.4 Å². The molecule has 0 aliphatic heterocycles. The number of nitrogens with zero attached hydrogens (tertiary/aromatic N) is 2. The monoisotopic (exact) mass is 706 g/mol. The number of carbonyl (C=O) groups excluding carboxylic acids is 2. The van der Waals surface area contributed by atoms with Gasteiger partial charge in [-0.05, 0) is 21.5 Å². The molecule has 2 aromatic heterocycles. The van der Waals surface area contributed by atoms with Gasteiger partial charge >= 0.3 is 35.5 Å². The standard InChI is InChI=1S/C32H18F8N4O2S2/c33-29(34,25(45)43-27-41-23(15-47-27)21-13-5-9-17-7-1-3-11-19(17)21)31(37,38)32(39,40)30(35,36)26(46)44-28-42-24(16-48-28)22-14-6-10-18-8-2-4-12-20(18)22/h1-16H,(H,41,43,45)(H,42,44,46). The molecule has 0 aliphatic carbocycles. The zero-order valence-electron chi connectivity index (χ0n) is 23.8. The highest BCUT2D eigenvalue weighted by molar-refractivity contribution is 7.14. The Morgan fingerprint density at radius 1 is 0.521 bits per heavy atom. The summed E-state index contributed by atoms with van der Waals surface area (Å²) in [6.07, 6.45) is 0. The van der Waals surface area contributed by atoms with Crippen LogP contribution in [0.25, 0.3) is 44.1 Å². The first-order valence-electron chi connectivity index (χ1n) is 13.7. The van der Waals surface area contributed by atoms with Crippen molar-refractivity contribution in [3.8, 4) is 22.5 Å². The average molecular weight is 707 g/mol. The quantitative estimate of drug-likeness (QED) is 0.147. The molecule has 0 aliphatic rings. The Bertz CT molecular complexity index is 2020. The van der Waals surface area contributed by atoms with E-state index in [0.717, 1.165) is 10.8 Å². The Hall–Kier alpha value is -4.96. The van der Waals surface area contributed by atoms with Gasteiger partial charge in [-0.25, -0.2) is 9.97 Å². The highest BCUT2D eigenvalue weighted by Gasteiger charge is 2.84. The normalized spacial score (nSPS) is 12.8. The molecular weight excluding hydrogens is 688 g/mol. The second kappa shape index (κ2) is 11.9. The van der Waals surface area contributed by atoms with E-state index in [0.29, 0.717) is 44.6 Å². The first kappa shape index (κ1) is 33.0. The summed E-state index contributed by atoms with van der Waals surface area (Å²) in [5.41, 5.74) is 1.20. The van der Waals surface area contributed by atoms with E-state index in [-0.39, 0.29) is 11.4 Å². The molecular formula is C32H18F8N4O2S2. The molecule has 246 valence electrons. The number of anilines is 2. The van der Waals surface area contributed by atoms with E-state index >= 15 is 0 Å². The number of hydrogen-bond acceptors (Lipinski definition) is 6. The SMILES string of the molecule is O=C(Nc1nc(-c2cccc3ccccc23)cs1)C(F)(F)C(F)(F)C(F)(F)C(F)(F)C(=O)Nc1nc(-c2cccc3ccccc23)cs1. The summed E-state index contributed by atoms with van der Waals surface area (Å²) in [7, 11) is 0. The Morgan fingerprint density at radius 2 is 0.875 bits per heavy atom. The molecule has 2 amide bonds. The molecule has 4 aromatic carbocycles. The van der Waals surface area contributed by atoms with Gasteiger partial charge in [0.15, 0.2) is 10.3 Å².